The van der Waals surface area contributed by atoms with Crippen LogP contribution in [0.5, 0.6) is 0 Å². The summed E-state index contributed by atoms with van der Waals surface area (Å²) in [6, 6.07) is 0. The van der Waals surface area contributed by atoms with Gasteiger partial charge in [0, 0.05) is 0 Å². The number of fused-ring (bicyclic) bond motifs is 2. The Morgan fingerprint density at radius 1 is 1.13 bits per heavy atom. The fourth-order valence-corrected chi connectivity index (χ4v) is 3.67. The molecule has 23 heavy (non-hydrogen) atoms. The van der Waals surface area contributed by atoms with Gasteiger partial charge in [0.05, 0.1) is 23.4 Å². The maximum atomic E-state index is 10.8. The highest BCUT2D eigenvalue weighted by molar-refractivity contribution is 5.19. The summed E-state index contributed by atoms with van der Waals surface area (Å²) in [5.41, 5.74) is 1.26. The van der Waals surface area contributed by atoms with Gasteiger partial charge >= 0.3 is 0 Å². The molecular formula is C20H34O3. The molecule has 2 rings (SSSR count). The lowest BCUT2D eigenvalue weighted by molar-refractivity contribution is -0.180. The van der Waals surface area contributed by atoms with Crippen molar-refractivity contribution < 1.29 is 14.9 Å². The summed E-state index contributed by atoms with van der Waals surface area (Å²) in [5, 5.41) is 21.5. The van der Waals surface area contributed by atoms with Crippen LogP contribution in [0.3, 0.4) is 0 Å². The number of ether oxygens (including phenoxy) is 1. The lowest BCUT2D eigenvalue weighted by Gasteiger charge is -2.38. The SMILES string of the molecule is C/C1=C\C=C(\C(C)C)CC[C@@]2(C)O[C@H](CC1)[C@@](C)(O)CC[C@@H]2O. The summed E-state index contributed by atoms with van der Waals surface area (Å²) < 4.78 is 6.38. The van der Waals surface area contributed by atoms with Crippen molar-refractivity contribution in [3.05, 3.63) is 23.3 Å². The number of hydrogen-bond acceptors (Lipinski definition) is 3. The molecule has 0 radical (unpaired) electrons. The second-order valence-corrected chi connectivity index (χ2v) is 8.28. The molecule has 0 aromatic carbocycles. The molecule has 2 aliphatic rings. The second kappa shape index (κ2) is 7.08. The van der Waals surface area contributed by atoms with Gasteiger partial charge in [0.1, 0.15) is 0 Å². The summed E-state index contributed by atoms with van der Waals surface area (Å²) in [6.45, 7) is 10.4. The Labute approximate surface area is 141 Å². The van der Waals surface area contributed by atoms with Crippen molar-refractivity contribution in [3.63, 3.8) is 0 Å². The van der Waals surface area contributed by atoms with E-state index in [1.165, 1.54) is 11.1 Å². The van der Waals surface area contributed by atoms with Gasteiger partial charge in [0.15, 0.2) is 0 Å². The van der Waals surface area contributed by atoms with Gasteiger partial charge in [0.2, 0.25) is 0 Å². The average Bonchev–Trinajstić information content (AvgIpc) is 2.56. The number of allylic oxidation sites excluding steroid dienone is 4. The molecule has 4 atom stereocenters. The first-order valence-corrected chi connectivity index (χ1v) is 9.08. The van der Waals surface area contributed by atoms with Crippen LogP contribution in [0.15, 0.2) is 23.3 Å². The number of rotatable bonds is 1. The second-order valence-electron chi connectivity index (χ2n) is 8.28. The molecule has 0 aromatic rings. The number of aliphatic hydroxyl groups is 2. The van der Waals surface area contributed by atoms with E-state index in [9.17, 15) is 10.2 Å². The van der Waals surface area contributed by atoms with E-state index < -0.39 is 17.3 Å². The third-order valence-electron chi connectivity index (χ3n) is 5.77. The third-order valence-corrected chi connectivity index (χ3v) is 5.77. The molecule has 3 heteroatoms. The number of aliphatic hydroxyl groups excluding tert-OH is 1. The van der Waals surface area contributed by atoms with E-state index in [2.05, 4.69) is 32.9 Å². The molecule has 0 spiro atoms. The number of hydrogen-bond donors (Lipinski definition) is 2. The van der Waals surface area contributed by atoms with Gasteiger partial charge < -0.3 is 14.9 Å². The first-order valence-electron chi connectivity index (χ1n) is 9.08. The van der Waals surface area contributed by atoms with Gasteiger partial charge in [-0.15, -0.1) is 0 Å². The molecule has 0 unspecified atom stereocenters. The van der Waals surface area contributed by atoms with E-state index in [0.717, 1.165) is 25.7 Å². The first kappa shape index (κ1) is 18.7. The van der Waals surface area contributed by atoms with Crippen LogP contribution in [0.2, 0.25) is 0 Å². The van der Waals surface area contributed by atoms with E-state index in [0.29, 0.717) is 18.8 Å². The Morgan fingerprint density at radius 2 is 1.83 bits per heavy atom. The van der Waals surface area contributed by atoms with Crippen molar-refractivity contribution in [2.24, 2.45) is 5.92 Å². The van der Waals surface area contributed by atoms with E-state index in [1.54, 1.807) is 0 Å². The van der Waals surface area contributed by atoms with Gasteiger partial charge in [-0.1, -0.05) is 37.1 Å². The van der Waals surface area contributed by atoms with Crippen molar-refractivity contribution in [1.82, 2.24) is 0 Å². The Bertz CT molecular complexity index is 475. The van der Waals surface area contributed by atoms with Crippen LogP contribution in [-0.2, 0) is 4.74 Å². The Hall–Kier alpha value is -0.640. The molecule has 132 valence electrons. The summed E-state index contributed by atoms with van der Waals surface area (Å²) in [6.07, 6.45) is 8.30. The Balaban J connectivity index is 2.34. The molecule has 2 heterocycles. The molecule has 0 amide bonds. The normalized spacial score (nSPS) is 44.5. The van der Waals surface area contributed by atoms with Gasteiger partial charge in [-0.25, -0.2) is 0 Å². The minimum atomic E-state index is -0.874. The van der Waals surface area contributed by atoms with E-state index in [4.69, 9.17) is 4.74 Å². The predicted octanol–water partition coefficient (Wildman–Crippen LogP) is 4.14. The maximum absolute atomic E-state index is 10.8. The van der Waals surface area contributed by atoms with Gasteiger partial charge in [-0.05, 0) is 65.2 Å². The van der Waals surface area contributed by atoms with Crippen molar-refractivity contribution in [3.8, 4) is 0 Å². The van der Waals surface area contributed by atoms with Crippen molar-refractivity contribution in [1.29, 1.82) is 0 Å². The lowest BCUT2D eigenvalue weighted by atomic mass is 9.85. The van der Waals surface area contributed by atoms with Crippen LogP contribution >= 0.6 is 0 Å². The zero-order valence-corrected chi connectivity index (χ0v) is 15.4. The molecule has 2 aliphatic heterocycles. The predicted molar refractivity (Wildman–Crippen MR) is 94.3 cm³/mol. The molecule has 0 aromatic heterocycles. The maximum Gasteiger partial charge on any atom is 0.0920 e. The molecule has 1 saturated heterocycles. The molecule has 0 aliphatic carbocycles. The Morgan fingerprint density at radius 3 is 2.48 bits per heavy atom. The standard InChI is InChI=1S/C20H34O3/c1-14(2)16-8-6-15(3)7-9-18-19(4,22)12-11-17(21)20(5,23-18)13-10-16/h6,8,14,17-18,21-22H,7,9-13H2,1-5H3/b15-6+,16-8+/t17-,18+,19-,20+/m0/s1. The fourth-order valence-electron chi connectivity index (χ4n) is 3.67. The molecule has 2 N–H and O–H groups in total. The lowest BCUT2D eigenvalue weighted by Crippen LogP contribution is -2.47. The van der Waals surface area contributed by atoms with Crippen molar-refractivity contribution in [2.75, 3.05) is 0 Å². The van der Waals surface area contributed by atoms with Crippen molar-refractivity contribution in [2.45, 2.75) is 96.6 Å². The minimum absolute atomic E-state index is 0.228. The fraction of sp³-hybridized carbons (Fsp3) is 0.800. The summed E-state index contributed by atoms with van der Waals surface area (Å²) >= 11 is 0. The third kappa shape index (κ3) is 4.46. The van der Waals surface area contributed by atoms with Crippen LogP contribution in [0, 0.1) is 5.92 Å². The van der Waals surface area contributed by atoms with E-state index >= 15 is 0 Å². The summed E-state index contributed by atoms with van der Waals surface area (Å²) in [5.74, 6) is 0.491. The van der Waals surface area contributed by atoms with Crippen LogP contribution in [0.1, 0.15) is 73.1 Å². The highest BCUT2D eigenvalue weighted by Gasteiger charge is 2.46. The zero-order valence-electron chi connectivity index (χ0n) is 15.4. The molecule has 3 nitrogen and oxygen atoms in total. The largest absolute Gasteiger partial charge is 0.390 e. The van der Waals surface area contributed by atoms with Crippen LogP contribution in [0.4, 0.5) is 0 Å². The molecule has 1 fully saturated rings. The van der Waals surface area contributed by atoms with Crippen LogP contribution < -0.4 is 0 Å². The van der Waals surface area contributed by atoms with Gasteiger partial charge in [-0.2, -0.15) is 0 Å². The van der Waals surface area contributed by atoms with Crippen LogP contribution in [-0.4, -0.2) is 33.6 Å². The zero-order chi connectivity index (χ0) is 17.3. The summed E-state index contributed by atoms with van der Waals surface area (Å²) in [7, 11) is 0. The monoisotopic (exact) mass is 322 g/mol. The van der Waals surface area contributed by atoms with E-state index in [1.807, 2.05) is 13.8 Å². The highest BCUT2D eigenvalue weighted by Crippen LogP contribution is 2.39. The average molecular weight is 322 g/mol. The topological polar surface area (TPSA) is 49.7 Å². The van der Waals surface area contributed by atoms with Gasteiger partial charge in [-0.3, -0.25) is 0 Å². The smallest absolute Gasteiger partial charge is 0.0920 e. The Kier molecular flexibility index (Phi) is 5.76. The van der Waals surface area contributed by atoms with E-state index in [-0.39, 0.29) is 6.10 Å². The van der Waals surface area contributed by atoms with Crippen LogP contribution in [0.25, 0.3) is 0 Å². The van der Waals surface area contributed by atoms with Crippen molar-refractivity contribution >= 4 is 0 Å². The highest BCUT2D eigenvalue weighted by atomic mass is 16.5. The quantitative estimate of drug-likeness (QED) is 0.763. The molecule has 2 bridgehead atoms. The molecular weight excluding hydrogens is 288 g/mol. The van der Waals surface area contributed by atoms with Gasteiger partial charge in [0.25, 0.3) is 0 Å². The first-order chi connectivity index (χ1) is 10.6. The minimum Gasteiger partial charge on any atom is -0.390 e. The summed E-state index contributed by atoms with van der Waals surface area (Å²) in [4.78, 5) is 0. The molecule has 0 saturated carbocycles.